The van der Waals surface area contributed by atoms with Gasteiger partial charge in [-0.2, -0.15) is 0 Å². The van der Waals surface area contributed by atoms with Crippen molar-refractivity contribution in [3.05, 3.63) is 35.6 Å². The molecule has 0 radical (unpaired) electrons. The number of nitrogens with one attached hydrogen (secondary N) is 2. The Kier molecular flexibility index (Phi) is 11.2. The molecule has 1 saturated carbocycles. The molecule has 3 amide bonds. The molecule has 1 aliphatic carbocycles. The summed E-state index contributed by atoms with van der Waals surface area (Å²) in [6.45, 7) is 9.10. The lowest BCUT2D eigenvalue weighted by Gasteiger charge is -2.36. The van der Waals surface area contributed by atoms with Crippen molar-refractivity contribution < 1.29 is 23.5 Å². The number of rotatable bonds is 10. The van der Waals surface area contributed by atoms with E-state index in [2.05, 4.69) is 10.6 Å². The summed E-state index contributed by atoms with van der Waals surface area (Å²) in [7, 11) is 1.55. The average molecular weight is 547 g/mol. The molecule has 0 aromatic heterocycles. The van der Waals surface area contributed by atoms with Crippen LogP contribution in [-0.4, -0.2) is 78.1 Å². The highest BCUT2D eigenvalue weighted by Crippen LogP contribution is 2.29. The van der Waals surface area contributed by atoms with E-state index < -0.39 is 23.8 Å². The smallest absolute Gasteiger partial charge is 0.410 e. The minimum atomic E-state index is -0.777. The minimum Gasteiger partial charge on any atom is -0.444 e. The zero-order valence-electron chi connectivity index (χ0n) is 24.3. The van der Waals surface area contributed by atoms with E-state index in [9.17, 15) is 18.8 Å². The van der Waals surface area contributed by atoms with Gasteiger partial charge in [0.1, 0.15) is 23.5 Å². The van der Waals surface area contributed by atoms with Crippen molar-refractivity contribution in [1.82, 2.24) is 20.4 Å². The van der Waals surface area contributed by atoms with Crippen LogP contribution >= 0.6 is 0 Å². The number of likely N-dealkylation sites (N-methyl/N-ethyl adjacent to an activating group) is 1. The molecular weight excluding hydrogens is 499 g/mol. The second kappa shape index (κ2) is 14.1. The number of halogens is 1. The van der Waals surface area contributed by atoms with Crippen molar-refractivity contribution in [3.63, 3.8) is 0 Å². The molecule has 8 nitrogen and oxygen atoms in total. The highest BCUT2D eigenvalue weighted by Gasteiger charge is 2.39. The minimum absolute atomic E-state index is 0.0230. The quantitative estimate of drug-likeness (QED) is 0.428. The molecule has 1 aromatic carbocycles. The number of ether oxygens (including phenoxy) is 1. The molecule has 39 heavy (non-hydrogen) atoms. The molecule has 0 spiro atoms. The lowest BCUT2D eigenvalue weighted by atomic mass is 9.83. The predicted molar refractivity (Wildman–Crippen MR) is 150 cm³/mol. The maximum absolute atomic E-state index is 13.9. The summed E-state index contributed by atoms with van der Waals surface area (Å²) in [6.07, 6.45) is 7.11. The highest BCUT2D eigenvalue weighted by atomic mass is 19.1. The average Bonchev–Trinajstić information content (AvgIpc) is 3.37. The van der Waals surface area contributed by atoms with E-state index >= 15 is 0 Å². The fraction of sp³-hybridized carbons (Fsp3) is 0.700. The van der Waals surface area contributed by atoms with Crippen LogP contribution in [0.3, 0.4) is 0 Å². The van der Waals surface area contributed by atoms with Gasteiger partial charge in [0.05, 0.1) is 0 Å². The van der Waals surface area contributed by atoms with E-state index in [-0.39, 0.29) is 29.6 Å². The number of carbonyl (C=O) groups excluding carboxylic acids is 3. The topological polar surface area (TPSA) is 91.0 Å². The number of benzene rings is 1. The first-order valence-electron chi connectivity index (χ1n) is 14.5. The third-order valence-electron chi connectivity index (χ3n) is 7.87. The zero-order valence-corrected chi connectivity index (χ0v) is 24.3. The molecule has 1 heterocycles. The van der Waals surface area contributed by atoms with Gasteiger partial charge in [-0.25, -0.2) is 9.18 Å². The van der Waals surface area contributed by atoms with Crippen molar-refractivity contribution in [2.45, 2.75) is 103 Å². The van der Waals surface area contributed by atoms with Crippen LogP contribution in [-0.2, 0) is 20.7 Å². The molecule has 1 aromatic rings. The SMILES string of the molecule is C[C@@H](C(=O)N[C@H](C(=O)N1CCC[C@H]1CNCCc1ccc(F)cc1)C1CCCCC1)N(C)C(=O)OC(C)(C)C. The summed E-state index contributed by atoms with van der Waals surface area (Å²) < 4.78 is 18.6. The predicted octanol–water partition coefficient (Wildman–Crippen LogP) is 4.27. The Morgan fingerprint density at radius 3 is 2.38 bits per heavy atom. The van der Waals surface area contributed by atoms with Crippen LogP contribution in [0.5, 0.6) is 0 Å². The maximum atomic E-state index is 13.9. The van der Waals surface area contributed by atoms with Crippen LogP contribution < -0.4 is 10.6 Å². The normalized spacial score (nSPS) is 19.8. The third-order valence-corrected chi connectivity index (χ3v) is 7.87. The third kappa shape index (κ3) is 9.19. The molecule has 2 N–H and O–H groups in total. The highest BCUT2D eigenvalue weighted by molar-refractivity contribution is 5.91. The van der Waals surface area contributed by atoms with Crippen LogP contribution in [0, 0.1) is 11.7 Å². The molecule has 3 atom stereocenters. The summed E-state index contributed by atoms with van der Waals surface area (Å²) in [6, 6.07) is 5.21. The fourth-order valence-electron chi connectivity index (χ4n) is 5.46. The first kappa shape index (κ1) is 30.9. The standard InChI is InChI=1S/C30H47FN4O4/c1-21(34(5)29(38)39-30(2,3)4)27(36)33-26(23-10-7-6-8-11-23)28(37)35-19-9-12-25(35)20-32-18-17-22-13-15-24(31)16-14-22/h13-16,21,23,25-26,32H,6-12,17-20H2,1-5H3,(H,33,36)/t21-,25-,26-/m0/s1. The number of carbonyl (C=O) groups is 3. The summed E-state index contributed by atoms with van der Waals surface area (Å²) in [5.41, 5.74) is 0.397. The van der Waals surface area contributed by atoms with Crippen molar-refractivity contribution >= 4 is 17.9 Å². The molecule has 2 aliphatic rings. The van der Waals surface area contributed by atoms with Crippen LogP contribution in [0.25, 0.3) is 0 Å². The van der Waals surface area contributed by atoms with Gasteiger partial charge in [-0.05, 0) is 90.0 Å². The van der Waals surface area contributed by atoms with Gasteiger partial charge >= 0.3 is 6.09 Å². The van der Waals surface area contributed by atoms with E-state index in [1.54, 1.807) is 46.9 Å². The van der Waals surface area contributed by atoms with E-state index in [4.69, 9.17) is 4.74 Å². The summed E-state index contributed by atoms with van der Waals surface area (Å²) in [5.74, 6) is -0.523. The summed E-state index contributed by atoms with van der Waals surface area (Å²) in [5, 5.41) is 6.51. The molecule has 0 bridgehead atoms. The van der Waals surface area contributed by atoms with Gasteiger partial charge in [0.2, 0.25) is 11.8 Å². The molecular formula is C30H47FN4O4. The fourth-order valence-corrected chi connectivity index (χ4v) is 5.46. The monoisotopic (exact) mass is 546 g/mol. The maximum Gasteiger partial charge on any atom is 0.410 e. The Bertz CT molecular complexity index is 959. The Morgan fingerprint density at radius 2 is 1.74 bits per heavy atom. The van der Waals surface area contributed by atoms with Gasteiger partial charge in [0.25, 0.3) is 0 Å². The second-order valence-electron chi connectivity index (χ2n) is 12.1. The zero-order chi connectivity index (χ0) is 28.6. The summed E-state index contributed by atoms with van der Waals surface area (Å²) in [4.78, 5) is 43.0. The molecule has 218 valence electrons. The van der Waals surface area contributed by atoms with Gasteiger partial charge in [-0.1, -0.05) is 31.4 Å². The van der Waals surface area contributed by atoms with Crippen LogP contribution in [0.2, 0.25) is 0 Å². The number of hydrogen-bond acceptors (Lipinski definition) is 5. The van der Waals surface area contributed by atoms with Crippen molar-refractivity contribution in [2.75, 3.05) is 26.7 Å². The van der Waals surface area contributed by atoms with Crippen molar-refractivity contribution in [2.24, 2.45) is 5.92 Å². The van der Waals surface area contributed by atoms with Gasteiger partial charge < -0.3 is 20.3 Å². The first-order valence-corrected chi connectivity index (χ1v) is 14.5. The van der Waals surface area contributed by atoms with Gasteiger partial charge in [-0.3, -0.25) is 14.5 Å². The Labute approximate surface area is 233 Å². The first-order chi connectivity index (χ1) is 18.5. The lowest BCUT2D eigenvalue weighted by Crippen LogP contribution is -2.58. The number of nitrogens with zero attached hydrogens (tertiary/aromatic N) is 2. The Hall–Kier alpha value is -2.68. The van der Waals surface area contributed by atoms with Crippen LogP contribution in [0.4, 0.5) is 9.18 Å². The van der Waals surface area contributed by atoms with E-state index in [0.29, 0.717) is 13.1 Å². The number of hydrogen-bond donors (Lipinski definition) is 2. The molecule has 3 rings (SSSR count). The van der Waals surface area contributed by atoms with E-state index in [1.807, 2.05) is 4.90 Å². The van der Waals surface area contributed by atoms with E-state index in [1.165, 1.54) is 17.0 Å². The molecule has 9 heteroatoms. The molecule has 1 saturated heterocycles. The van der Waals surface area contributed by atoms with Gasteiger partial charge in [0.15, 0.2) is 0 Å². The molecule has 1 aliphatic heterocycles. The molecule has 0 unspecified atom stereocenters. The summed E-state index contributed by atoms with van der Waals surface area (Å²) >= 11 is 0. The Morgan fingerprint density at radius 1 is 1.08 bits per heavy atom. The van der Waals surface area contributed by atoms with Crippen molar-refractivity contribution in [3.8, 4) is 0 Å². The van der Waals surface area contributed by atoms with E-state index in [0.717, 1.165) is 63.5 Å². The van der Waals surface area contributed by atoms with Gasteiger partial charge in [-0.15, -0.1) is 0 Å². The molecule has 2 fully saturated rings. The number of likely N-dealkylation sites (tertiary alicyclic amines) is 1. The van der Waals surface area contributed by atoms with Gasteiger partial charge in [0, 0.05) is 26.2 Å². The van der Waals surface area contributed by atoms with Crippen molar-refractivity contribution in [1.29, 1.82) is 0 Å². The van der Waals surface area contributed by atoms with Crippen LogP contribution in [0.1, 0.15) is 78.2 Å². The number of amides is 3. The largest absolute Gasteiger partial charge is 0.444 e. The lowest BCUT2D eigenvalue weighted by molar-refractivity contribution is -0.140. The second-order valence-corrected chi connectivity index (χ2v) is 12.1. The Balaban J connectivity index is 1.61. The van der Waals surface area contributed by atoms with Crippen LogP contribution in [0.15, 0.2) is 24.3 Å².